The van der Waals surface area contributed by atoms with Crippen LogP contribution in [0.2, 0.25) is 0 Å². The van der Waals surface area contributed by atoms with E-state index < -0.39 is 0 Å². The van der Waals surface area contributed by atoms with Crippen LogP contribution in [0.4, 0.5) is 0 Å². The van der Waals surface area contributed by atoms with Gasteiger partial charge in [0.2, 0.25) is 5.91 Å². The molecule has 0 aromatic rings. The number of rotatable bonds is 3. The summed E-state index contributed by atoms with van der Waals surface area (Å²) in [6.45, 7) is 7.75. The van der Waals surface area contributed by atoms with E-state index in [1.807, 2.05) is 27.7 Å². The number of primary amides is 1. The number of carbonyl (C=O) groups excluding carboxylic acids is 1. The van der Waals surface area contributed by atoms with Crippen LogP contribution in [0.25, 0.3) is 0 Å². The second kappa shape index (κ2) is 4.25. The second-order valence-corrected chi connectivity index (χ2v) is 4.28. The Kier molecular flexibility index (Phi) is 3.91. The minimum atomic E-state index is -0.349. The minimum Gasteiger partial charge on any atom is -0.387 e. The third-order valence-corrected chi connectivity index (χ3v) is 1.62. The molecule has 1 unspecified atom stereocenters. The van der Waals surface area contributed by atoms with Crippen molar-refractivity contribution in [2.24, 2.45) is 21.9 Å². The molecule has 0 aliphatic rings. The molecule has 0 aliphatic carbocycles. The number of amides is 1. The zero-order chi connectivity index (χ0) is 10.6. The maximum absolute atomic E-state index is 10.6. The first kappa shape index (κ1) is 11.9. The normalized spacial score (nSPS) is 15.5. The van der Waals surface area contributed by atoms with Gasteiger partial charge in [-0.05, 0) is 6.92 Å². The van der Waals surface area contributed by atoms with E-state index in [-0.39, 0.29) is 23.8 Å². The Balaban J connectivity index is 4.30. The molecule has 0 aromatic carbocycles. The summed E-state index contributed by atoms with van der Waals surface area (Å²) in [5.74, 6) is 0.208. The number of hydrogen-bond acceptors (Lipinski definition) is 2. The number of nitrogens with zero attached hydrogens (tertiary/aromatic N) is 1. The summed E-state index contributed by atoms with van der Waals surface area (Å²) in [5.41, 5.74) is 10.6. The summed E-state index contributed by atoms with van der Waals surface area (Å²) < 4.78 is 0. The lowest BCUT2D eigenvalue weighted by Crippen LogP contribution is -2.31. The molecule has 0 heterocycles. The number of hydrogen-bond donors (Lipinski definition) is 2. The van der Waals surface area contributed by atoms with Gasteiger partial charge < -0.3 is 11.5 Å². The molecule has 1 amide bonds. The molecule has 4 heteroatoms. The van der Waals surface area contributed by atoms with Crippen molar-refractivity contribution in [2.75, 3.05) is 0 Å². The van der Waals surface area contributed by atoms with Crippen LogP contribution in [0.15, 0.2) is 4.99 Å². The van der Waals surface area contributed by atoms with E-state index in [1.54, 1.807) is 0 Å². The van der Waals surface area contributed by atoms with Gasteiger partial charge in [-0.25, -0.2) is 0 Å². The Labute approximate surface area is 79.4 Å². The van der Waals surface area contributed by atoms with E-state index in [0.29, 0.717) is 5.84 Å². The van der Waals surface area contributed by atoms with Crippen molar-refractivity contribution in [1.82, 2.24) is 0 Å². The van der Waals surface area contributed by atoms with E-state index >= 15 is 0 Å². The number of carbonyl (C=O) groups is 1. The van der Waals surface area contributed by atoms with Crippen molar-refractivity contribution in [3.05, 3.63) is 0 Å². The van der Waals surface area contributed by atoms with Gasteiger partial charge in [0.05, 0.1) is 11.9 Å². The third kappa shape index (κ3) is 5.22. The molecule has 0 saturated heterocycles. The van der Waals surface area contributed by atoms with Crippen LogP contribution in [0.3, 0.4) is 0 Å². The average molecular weight is 185 g/mol. The Morgan fingerprint density at radius 3 is 2.15 bits per heavy atom. The molecule has 0 rings (SSSR count). The molecule has 0 bridgehead atoms. The zero-order valence-corrected chi connectivity index (χ0v) is 8.79. The topological polar surface area (TPSA) is 81.5 Å². The SMILES string of the molecule is CC(CC(N)=O)N=C(N)C(C)(C)C. The van der Waals surface area contributed by atoms with Crippen LogP contribution in [-0.2, 0) is 4.79 Å². The van der Waals surface area contributed by atoms with Gasteiger partial charge in [0.15, 0.2) is 0 Å². The van der Waals surface area contributed by atoms with Gasteiger partial charge in [-0.3, -0.25) is 9.79 Å². The molecule has 0 aromatic heterocycles. The first-order chi connectivity index (χ1) is 5.73. The summed E-state index contributed by atoms with van der Waals surface area (Å²) in [7, 11) is 0. The van der Waals surface area contributed by atoms with Crippen molar-refractivity contribution in [3.63, 3.8) is 0 Å². The fraction of sp³-hybridized carbons (Fsp3) is 0.778. The Hall–Kier alpha value is -1.06. The second-order valence-electron chi connectivity index (χ2n) is 4.28. The molecule has 0 radical (unpaired) electrons. The maximum Gasteiger partial charge on any atom is 0.219 e. The minimum absolute atomic E-state index is 0.128. The van der Waals surface area contributed by atoms with Crippen LogP contribution >= 0.6 is 0 Å². The Morgan fingerprint density at radius 2 is 1.85 bits per heavy atom. The highest BCUT2D eigenvalue weighted by Gasteiger charge is 2.16. The first-order valence-electron chi connectivity index (χ1n) is 4.35. The van der Waals surface area contributed by atoms with E-state index in [0.717, 1.165) is 0 Å². The molecule has 0 saturated carbocycles. The average Bonchev–Trinajstić information content (AvgIpc) is 1.82. The van der Waals surface area contributed by atoms with E-state index in [1.165, 1.54) is 0 Å². The fourth-order valence-electron chi connectivity index (χ4n) is 0.768. The van der Waals surface area contributed by atoms with Gasteiger partial charge in [-0.2, -0.15) is 0 Å². The zero-order valence-electron chi connectivity index (χ0n) is 8.79. The smallest absolute Gasteiger partial charge is 0.219 e. The molecule has 4 N–H and O–H groups in total. The summed E-state index contributed by atoms with van der Waals surface area (Å²) in [4.78, 5) is 14.7. The van der Waals surface area contributed by atoms with Crippen LogP contribution in [0.1, 0.15) is 34.1 Å². The van der Waals surface area contributed by atoms with Gasteiger partial charge >= 0.3 is 0 Å². The van der Waals surface area contributed by atoms with Crippen molar-refractivity contribution in [3.8, 4) is 0 Å². The van der Waals surface area contributed by atoms with Gasteiger partial charge in [0.25, 0.3) is 0 Å². The lowest BCUT2D eigenvalue weighted by atomic mass is 9.95. The lowest BCUT2D eigenvalue weighted by Gasteiger charge is -2.18. The van der Waals surface area contributed by atoms with Crippen LogP contribution < -0.4 is 11.5 Å². The number of aliphatic imine (C=N–C) groups is 1. The molecular formula is C9H19N3O. The van der Waals surface area contributed by atoms with Gasteiger partial charge in [0, 0.05) is 11.8 Å². The van der Waals surface area contributed by atoms with Crippen LogP contribution in [0.5, 0.6) is 0 Å². The van der Waals surface area contributed by atoms with E-state index in [9.17, 15) is 4.79 Å². The van der Waals surface area contributed by atoms with Gasteiger partial charge in [0.1, 0.15) is 0 Å². The van der Waals surface area contributed by atoms with Crippen molar-refractivity contribution >= 4 is 11.7 Å². The summed E-state index contributed by atoms with van der Waals surface area (Å²) in [6, 6.07) is -0.128. The predicted octanol–water partition coefficient (Wildman–Crippen LogP) is 0.654. The molecule has 4 nitrogen and oxygen atoms in total. The molecule has 0 spiro atoms. The lowest BCUT2D eigenvalue weighted by molar-refractivity contribution is -0.118. The Morgan fingerprint density at radius 1 is 1.38 bits per heavy atom. The third-order valence-electron chi connectivity index (χ3n) is 1.62. The highest BCUT2D eigenvalue weighted by molar-refractivity contribution is 5.86. The van der Waals surface area contributed by atoms with Gasteiger partial charge in [-0.15, -0.1) is 0 Å². The summed E-state index contributed by atoms with van der Waals surface area (Å²) >= 11 is 0. The van der Waals surface area contributed by atoms with Crippen molar-refractivity contribution < 1.29 is 4.79 Å². The predicted molar refractivity (Wildman–Crippen MR) is 54.4 cm³/mol. The van der Waals surface area contributed by atoms with Gasteiger partial charge in [-0.1, -0.05) is 20.8 Å². The molecule has 0 fully saturated rings. The monoisotopic (exact) mass is 185 g/mol. The number of amidine groups is 1. The van der Waals surface area contributed by atoms with E-state index in [4.69, 9.17) is 11.5 Å². The van der Waals surface area contributed by atoms with Crippen LogP contribution in [-0.4, -0.2) is 17.8 Å². The first-order valence-corrected chi connectivity index (χ1v) is 4.35. The van der Waals surface area contributed by atoms with E-state index in [2.05, 4.69) is 4.99 Å². The quantitative estimate of drug-likeness (QED) is 0.500. The Bertz CT molecular complexity index is 215. The largest absolute Gasteiger partial charge is 0.387 e. The maximum atomic E-state index is 10.6. The standard InChI is InChI=1S/C9H19N3O/c1-6(5-7(10)13)12-8(11)9(2,3)4/h6H,5H2,1-4H3,(H2,10,13)(H2,11,12). The molecular weight excluding hydrogens is 166 g/mol. The highest BCUT2D eigenvalue weighted by atomic mass is 16.1. The molecule has 1 atom stereocenters. The fourth-order valence-corrected chi connectivity index (χ4v) is 0.768. The number of nitrogens with two attached hydrogens (primary N) is 2. The molecule has 13 heavy (non-hydrogen) atoms. The van der Waals surface area contributed by atoms with Crippen molar-refractivity contribution in [1.29, 1.82) is 0 Å². The summed E-state index contributed by atoms with van der Waals surface area (Å²) in [6.07, 6.45) is 0.247. The molecule has 0 aliphatic heterocycles. The van der Waals surface area contributed by atoms with Crippen molar-refractivity contribution in [2.45, 2.75) is 40.2 Å². The van der Waals surface area contributed by atoms with Crippen LogP contribution in [0, 0.1) is 5.41 Å². The molecule has 76 valence electrons. The highest BCUT2D eigenvalue weighted by Crippen LogP contribution is 2.13. The summed E-state index contributed by atoms with van der Waals surface area (Å²) in [5, 5.41) is 0.